The molecule has 1 heterocycles. The van der Waals surface area contributed by atoms with Gasteiger partial charge in [-0.25, -0.2) is 0 Å². The molecule has 0 saturated heterocycles. The van der Waals surface area contributed by atoms with Crippen molar-refractivity contribution in [2.75, 3.05) is 0 Å². The van der Waals surface area contributed by atoms with E-state index >= 15 is 0 Å². The maximum Gasteiger partial charge on any atom is 0.262 e. The highest BCUT2D eigenvalue weighted by Crippen LogP contribution is 2.14. The zero-order valence-electron chi connectivity index (χ0n) is 12.6. The number of hydrogen-bond donors (Lipinski definition) is 1. The van der Waals surface area contributed by atoms with E-state index in [1.54, 1.807) is 12.3 Å². The lowest BCUT2D eigenvalue weighted by Crippen LogP contribution is -2.24. The van der Waals surface area contributed by atoms with Gasteiger partial charge in [-0.15, -0.1) is 0 Å². The Bertz CT molecular complexity index is 743. The van der Waals surface area contributed by atoms with E-state index < -0.39 is 5.91 Å². The predicted octanol–water partition coefficient (Wildman–Crippen LogP) is 2.92. The average Bonchev–Trinajstić information content (AvgIpc) is 2.54. The third-order valence-electron chi connectivity index (χ3n) is 3.26. The van der Waals surface area contributed by atoms with Crippen LogP contribution in [-0.2, 0) is 11.3 Å². The quantitative estimate of drug-likeness (QED) is 0.695. The molecule has 0 fully saturated rings. The number of aromatic nitrogens is 1. The molecule has 4 heteroatoms. The second-order valence-electron chi connectivity index (χ2n) is 5.03. The second-order valence-corrected chi connectivity index (χ2v) is 5.03. The van der Waals surface area contributed by atoms with Crippen LogP contribution < -0.4 is 5.32 Å². The van der Waals surface area contributed by atoms with Crippen LogP contribution in [0.25, 0.3) is 6.08 Å². The van der Waals surface area contributed by atoms with Crippen molar-refractivity contribution in [3.8, 4) is 6.07 Å². The molecule has 0 aliphatic heterocycles. The van der Waals surface area contributed by atoms with Crippen molar-refractivity contribution >= 4 is 12.0 Å². The number of nitrogens with one attached hydrogen (secondary N) is 1. The summed E-state index contributed by atoms with van der Waals surface area (Å²) in [4.78, 5) is 16.2. The van der Waals surface area contributed by atoms with Gasteiger partial charge in [-0.1, -0.05) is 29.8 Å². The van der Waals surface area contributed by atoms with Gasteiger partial charge in [-0.2, -0.15) is 5.26 Å². The molecule has 4 nitrogen and oxygen atoms in total. The number of carbonyl (C=O) groups excluding carboxylic acids is 1. The lowest BCUT2D eigenvalue weighted by atomic mass is 10.0. The lowest BCUT2D eigenvalue weighted by Gasteiger charge is -2.05. The van der Waals surface area contributed by atoms with Crippen LogP contribution in [0.4, 0.5) is 0 Å². The molecule has 2 rings (SSSR count). The van der Waals surface area contributed by atoms with E-state index in [0.29, 0.717) is 6.54 Å². The van der Waals surface area contributed by atoms with Gasteiger partial charge in [0.25, 0.3) is 5.91 Å². The third kappa shape index (κ3) is 4.03. The molecule has 0 aliphatic rings. The summed E-state index contributed by atoms with van der Waals surface area (Å²) in [6.45, 7) is 4.22. The summed E-state index contributed by atoms with van der Waals surface area (Å²) in [6.07, 6.45) is 3.29. The monoisotopic (exact) mass is 291 g/mol. The smallest absolute Gasteiger partial charge is 0.262 e. The fourth-order valence-corrected chi connectivity index (χ4v) is 1.99. The molecule has 0 aliphatic carbocycles. The van der Waals surface area contributed by atoms with Gasteiger partial charge in [0.05, 0.1) is 12.2 Å². The Balaban J connectivity index is 2.14. The fourth-order valence-electron chi connectivity index (χ4n) is 1.99. The highest BCUT2D eigenvalue weighted by atomic mass is 16.1. The van der Waals surface area contributed by atoms with E-state index in [2.05, 4.69) is 10.3 Å². The first-order valence-corrected chi connectivity index (χ1v) is 6.97. The van der Waals surface area contributed by atoms with Crippen molar-refractivity contribution in [3.63, 3.8) is 0 Å². The summed E-state index contributed by atoms with van der Waals surface area (Å²) in [6, 6.07) is 13.4. The number of aryl methyl sites for hydroxylation is 2. The van der Waals surface area contributed by atoms with Gasteiger partial charge in [0, 0.05) is 6.20 Å². The van der Waals surface area contributed by atoms with Gasteiger partial charge < -0.3 is 5.32 Å². The minimum Gasteiger partial charge on any atom is -0.346 e. The zero-order valence-corrected chi connectivity index (χ0v) is 12.6. The molecule has 22 heavy (non-hydrogen) atoms. The molecule has 110 valence electrons. The lowest BCUT2D eigenvalue weighted by molar-refractivity contribution is -0.117. The van der Waals surface area contributed by atoms with E-state index in [-0.39, 0.29) is 5.57 Å². The molecular formula is C18H17N3O. The van der Waals surface area contributed by atoms with Gasteiger partial charge >= 0.3 is 0 Å². The number of hydrogen-bond acceptors (Lipinski definition) is 3. The van der Waals surface area contributed by atoms with Gasteiger partial charge in [0.1, 0.15) is 11.6 Å². The Morgan fingerprint density at radius 1 is 1.32 bits per heavy atom. The number of amides is 1. The number of carbonyl (C=O) groups is 1. The number of nitriles is 1. The van der Waals surface area contributed by atoms with E-state index in [0.717, 1.165) is 22.4 Å². The topological polar surface area (TPSA) is 65.8 Å². The van der Waals surface area contributed by atoms with Crippen LogP contribution in [-0.4, -0.2) is 10.9 Å². The predicted molar refractivity (Wildman–Crippen MR) is 85.6 cm³/mol. The van der Waals surface area contributed by atoms with E-state index in [1.807, 2.05) is 56.3 Å². The maximum absolute atomic E-state index is 12.1. The number of rotatable bonds is 4. The Hall–Kier alpha value is -2.93. The maximum atomic E-state index is 12.1. The molecule has 1 aromatic heterocycles. The molecule has 0 saturated carbocycles. The summed E-state index contributed by atoms with van der Waals surface area (Å²) in [5.74, 6) is -0.394. The van der Waals surface area contributed by atoms with E-state index in [4.69, 9.17) is 0 Å². The fraction of sp³-hybridized carbons (Fsp3) is 0.167. The van der Waals surface area contributed by atoms with Crippen LogP contribution in [0.5, 0.6) is 0 Å². The normalized spacial score (nSPS) is 10.9. The minimum absolute atomic E-state index is 0.0876. The van der Waals surface area contributed by atoms with Gasteiger partial charge in [0.15, 0.2) is 0 Å². The van der Waals surface area contributed by atoms with Gasteiger partial charge in [-0.05, 0) is 43.2 Å². The Morgan fingerprint density at radius 3 is 2.82 bits per heavy atom. The zero-order chi connectivity index (χ0) is 15.9. The third-order valence-corrected chi connectivity index (χ3v) is 3.26. The Labute approximate surface area is 130 Å². The van der Waals surface area contributed by atoms with Crippen LogP contribution in [0.15, 0.2) is 48.2 Å². The number of nitrogens with zero attached hydrogens (tertiary/aromatic N) is 2. The molecule has 1 aromatic carbocycles. The molecule has 0 spiro atoms. The van der Waals surface area contributed by atoms with Crippen molar-refractivity contribution in [1.82, 2.24) is 10.3 Å². The summed E-state index contributed by atoms with van der Waals surface area (Å²) in [7, 11) is 0. The largest absolute Gasteiger partial charge is 0.346 e. The molecule has 2 aromatic rings. The van der Waals surface area contributed by atoms with Gasteiger partial charge in [-0.3, -0.25) is 9.78 Å². The van der Waals surface area contributed by atoms with Crippen LogP contribution in [0, 0.1) is 25.2 Å². The summed E-state index contributed by atoms with van der Waals surface area (Å²) < 4.78 is 0. The van der Waals surface area contributed by atoms with E-state index in [1.165, 1.54) is 0 Å². The highest BCUT2D eigenvalue weighted by molar-refractivity contribution is 6.01. The van der Waals surface area contributed by atoms with Crippen molar-refractivity contribution in [1.29, 1.82) is 5.26 Å². The van der Waals surface area contributed by atoms with Crippen molar-refractivity contribution in [2.45, 2.75) is 20.4 Å². The molecule has 0 radical (unpaired) electrons. The summed E-state index contributed by atoms with van der Waals surface area (Å²) in [5, 5.41) is 11.9. The minimum atomic E-state index is -0.394. The summed E-state index contributed by atoms with van der Waals surface area (Å²) >= 11 is 0. The molecule has 1 amide bonds. The highest BCUT2D eigenvalue weighted by Gasteiger charge is 2.09. The average molecular weight is 291 g/mol. The Morgan fingerprint density at radius 2 is 2.14 bits per heavy atom. The first-order chi connectivity index (χ1) is 10.6. The van der Waals surface area contributed by atoms with E-state index in [9.17, 15) is 10.1 Å². The van der Waals surface area contributed by atoms with Gasteiger partial charge in [0.2, 0.25) is 0 Å². The van der Waals surface area contributed by atoms with Crippen molar-refractivity contribution in [2.24, 2.45) is 0 Å². The molecule has 1 N–H and O–H groups in total. The summed E-state index contributed by atoms with van der Waals surface area (Å²) in [5.41, 5.74) is 3.83. The first-order valence-electron chi connectivity index (χ1n) is 6.97. The van der Waals surface area contributed by atoms with Crippen LogP contribution in [0.1, 0.15) is 22.4 Å². The van der Waals surface area contributed by atoms with Crippen molar-refractivity contribution in [3.05, 3.63) is 70.6 Å². The molecular weight excluding hydrogens is 274 g/mol. The number of pyridine rings is 1. The number of benzene rings is 1. The molecule has 0 unspecified atom stereocenters. The van der Waals surface area contributed by atoms with Crippen LogP contribution >= 0.6 is 0 Å². The molecule has 0 atom stereocenters. The Kier molecular flexibility index (Phi) is 5.05. The van der Waals surface area contributed by atoms with Crippen LogP contribution in [0.2, 0.25) is 0 Å². The first kappa shape index (κ1) is 15.5. The van der Waals surface area contributed by atoms with Crippen molar-refractivity contribution < 1.29 is 4.79 Å². The SMILES string of the molecule is Cc1ccc(C)c(/C=C(\C#N)C(=O)NCc2ccccn2)c1. The second kappa shape index (κ2) is 7.19. The van der Waals surface area contributed by atoms with Crippen LogP contribution in [0.3, 0.4) is 0 Å². The molecule has 0 bridgehead atoms. The standard InChI is InChI=1S/C18H17N3O/c1-13-6-7-14(2)15(9-13)10-16(11-19)18(22)21-12-17-5-3-4-8-20-17/h3-10H,12H2,1-2H3,(H,21,22)/b16-10+.